The zero-order valence-corrected chi connectivity index (χ0v) is 11.2. The first-order valence-electron chi connectivity index (χ1n) is 6.11. The lowest BCUT2D eigenvalue weighted by Crippen LogP contribution is -2.05. The Balaban J connectivity index is 2.53. The van der Waals surface area contributed by atoms with Gasteiger partial charge in [-0.05, 0) is 18.6 Å². The summed E-state index contributed by atoms with van der Waals surface area (Å²) in [6, 6.07) is 4.60. The molecule has 8 heteroatoms. The molecule has 0 atom stereocenters. The van der Waals surface area contributed by atoms with E-state index in [0.29, 0.717) is 17.9 Å². The predicted molar refractivity (Wildman–Crippen MR) is 73.0 cm³/mol. The first kappa shape index (κ1) is 13.8. The largest absolute Gasteiger partial charge is 0.490 e. The Morgan fingerprint density at radius 2 is 2.25 bits per heavy atom. The molecule has 0 saturated carbocycles. The summed E-state index contributed by atoms with van der Waals surface area (Å²) >= 11 is 0. The molecule has 0 radical (unpaired) electrons. The van der Waals surface area contributed by atoms with E-state index in [2.05, 4.69) is 10.3 Å². The van der Waals surface area contributed by atoms with Crippen LogP contribution in [0.25, 0.3) is 5.69 Å². The van der Waals surface area contributed by atoms with Crippen LogP contribution in [0.4, 0.5) is 11.5 Å². The summed E-state index contributed by atoms with van der Waals surface area (Å²) in [7, 11) is 1.39. The van der Waals surface area contributed by atoms with Crippen LogP contribution < -0.4 is 10.5 Å². The van der Waals surface area contributed by atoms with Gasteiger partial charge in [0, 0.05) is 6.07 Å². The topological polar surface area (TPSA) is 109 Å². The van der Waals surface area contributed by atoms with Crippen molar-refractivity contribution in [3.63, 3.8) is 0 Å². The zero-order chi connectivity index (χ0) is 14.7. The van der Waals surface area contributed by atoms with Crippen molar-refractivity contribution in [2.24, 2.45) is 0 Å². The quantitative estimate of drug-likeness (QED) is 0.658. The average molecular weight is 277 g/mol. The molecule has 0 aliphatic carbocycles. The highest BCUT2D eigenvalue weighted by molar-refractivity contribution is 5.54. The SMILES string of the molecule is CCCc1c(N)nnn1-c1ccc(OC)c([N+](=O)[O-])c1. The number of nitrogens with zero attached hydrogens (tertiary/aromatic N) is 4. The molecule has 0 aliphatic rings. The second-order valence-electron chi connectivity index (χ2n) is 4.20. The number of aromatic nitrogens is 3. The number of ether oxygens (including phenoxy) is 1. The summed E-state index contributed by atoms with van der Waals surface area (Å²) in [6.07, 6.45) is 1.56. The van der Waals surface area contributed by atoms with Crippen LogP contribution in [-0.4, -0.2) is 27.0 Å². The number of rotatable bonds is 5. The number of nitro groups is 1. The molecule has 2 aromatic rings. The Kier molecular flexibility index (Phi) is 3.83. The molecule has 1 heterocycles. The molecule has 0 unspecified atom stereocenters. The summed E-state index contributed by atoms with van der Waals surface area (Å²) in [5.41, 5.74) is 6.92. The molecule has 0 spiro atoms. The lowest BCUT2D eigenvalue weighted by molar-refractivity contribution is -0.385. The Labute approximate surface area is 115 Å². The third kappa shape index (κ3) is 2.40. The first-order chi connectivity index (χ1) is 9.58. The van der Waals surface area contributed by atoms with Crippen molar-refractivity contribution in [2.45, 2.75) is 19.8 Å². The summed E-state index contributed by atoms with van der Waals surface area (Å²) in [5.74, 6) is 0.536. The van der Waals surface area contributed by atoms with Gasteiger partial charge < -0.3 is 10.5 Å². The van der Waals surface area contributed by atoms with Crippen molar-refractivity contribution < 1.29 is 9.66 Å². The van der Waals surface area contributed by atoms with Crippen LogP contribution in [0.5, 0.6) is 5.75 Å². The van der Waals surface area contributed by atoms with Crippen LogP contribution in [0.15, 0.2) is 18.2 Å². The highest BCUT2D eigenvalue weighted by Gasteiger charge is 2.18. The molecule has 1 aromatic heterocycles. The van der Waals surface area contributed by atoms with Crippen LogP contribution in [0.1, 0.15) is 19.0 Å². The van der Waals surface area contributed by atoms with Crippen LogP contribution in [0, 0.1) is 10.1 Å². The molecule has 106 valence electrons. The van der Waals surface area contributed by atoms with Crippen LogP contribution >= 0.6 is 0 Å². The molecular formula is C12H15N5O3. The Bertz CT molecular complexity index is 638. The number of nitrogens with two attached hydrogens (primary N) is 1. The fraction of sp³-hybridized carbons (Fsp3) is 0.333. The maximum absolute atomic E-state index is 11.0. The maximum Gasteiger partial charge on any atom is 0.313 e. The van der Waals surface area contributed by atoms with Gasteiger partial charge in [0.05, 0.1) is 23.4 Å². The highest BCUT2D eigenvalue weighted by Crippen LogP contribution is 2.29. The van der Waals surface area contributed by atoms with Gasteiger partial charge in [0.1, 0.15) is 0 Å². The van der Waals surface area contributed by atoms with Crippen molar-refractivity contribution in [1.82, 2.24) is 15.0 Å². The van der Waals surface area contributed by atoms with Crippen molar-refractivity contribution in [1.29, 1.82) is 0 Å². The minimum atomic E-state index is -0.498. The molecule has 0 amide bonds. The third-order valence-electron chi connectivity index (χ3n) is 2.88. The van der Waals surface area contributed by atoms with Gasteiger partial charge in [0.15, 0.2) is 11.6 Å². The minimum absolute atomic E-state index is 0.124. The summed E-state index contributed by atoms with van der Waals surface area (Å²) in [6.45, 7) is 2.01. The van der Waals surface area contributed by atoms with Gasteiger partial charge in [-0.25, -0.2) is 4.68 Å². The number of nitro benzene ring substituents is 1. The molecule has 2 N–H and O–H groups in total. The Hall–Kier alpha value is -2.64. The van der Waals surface area contributed by atoms with E-state index < -0.39 is 4.92 Å². The zero-order valence-electron chi connectivity index (χ0n) is 11.2. The Morgan fingerprint density at radius 1 is 1.50 bits per heavy atom. The van der Waals surface area contributed by atoms with E-state index in [1.165, 1.54) is 23.9 Å². The molecular weight excluding hydrogens is 262 g/mol. The summed E-state index contributed by atoms with van der Waals surface area (Å²) < 4.78 is 6.49. The molecule has 1 aromatic carbocycles. The summed E-state index contributed by atoms with van der Waals surface area (Å²) in [4.78, 5) is 10.5. The van der Waals surface area contributed by atoms with Crippen LogP contribution in [0.3, 0.4) is 0 Å². The third-order valence-corrected chi connectivity index (χ3v) is 2.88. The molecule has 0 aliphatic heterocycles. The van der Waals surface area contributed by atoms with E-state index >= 15 is 0 Å². The van der Waals surface area contributed by atoms with E-state index in [-0.39, 0.29) is 11.4 Å². The second kappa shape index (κ2) is 5.55. The van der Waals surface area contributed by atoms with E-state index in [0.717, 1.165) is 12.1 Å². The number of nitrogen functional groups attached to an aromatic ring is 1. The predicted octanol–water partition coefficient (Wildman–Crippen LogP) is 1.72. The van der Waals surface area contributed by atoms with Crippen molar-refractivity contribution in [2.75, 3.05) is 12.8 Å². The fourth-order valence-electron chi connectivity index (χ4n) is 1.94. The molecule has 0 saturated heterocycles. The molecule has 0 fully saturated rings. The summed E-state index contributed by atoms with van der Waals surface area (Å²) in [5, 5.41) is 18.8. The number of methoxy groups -OCH3 is 1. The second-order valence-corrected chi connectivity index (χ2v) is 4.20. The average Bonchev–Trinajstić information content (AvgIpc) is 2.80. The van der Waals surface area contributed by atoms with Gasteiger partial charge >= 0.3 is 5.69 Å². The highest BCUT2D eigenvalue weighted by atomic mass is 16.6. The maximum atomic E-state index is 11.0. The van der Waals surface area contributed by atoms with E-state index in [1.54, 1.807) is 6.07 Å². The lowest BCUT2D eigenvalue weighted by atomic mass is 10.2. The van der Waals surface area contributed by atoms with E-state index in [9.17, 15) is 10.1 Å². The van der Waals surface area contributed by atoms with Crippen molar-refractivity contribution in [3.8, 4) is 11.4 Å². The molecule has 20 heavy (non-hydrogen) atoms. The number of benzene rings is 1. The fourth-order valence-corrected chi connectivity index (χ4v) is 1.94. The minimum Gasteiger partial charge on any atom is -0.490 e. The Morgan fingerprint density at radius 3 is 2.85 bits per heavy atom. The molecule has 0 bridgehead atoms. The smallest absolute Gasteiger partial charge is 0.313 e. The van der Waals surface area contributed by atoms with Crippen molar-refractivity contribution >= 4 is 11.5 Å². The van der Waals surface area contributed by atoms with Gasteiger partial charge in [0.25, 0.3) is 0 Å². The monoisotopic (exact) mass is 277 g/mol. The number of hydrogen-bond acceptors (Lipinski definition) is 6. The first-order valence-corrected chi connectivity index (χ1v) is 6.11. The van der Waals surface area contributed by atoms with Crippen LogP contribution in [0.2, 0.25) is 0 Å². The normalized spacial score (nSPS) is 10.5. The van der Waals surface area contributed by atoms with E-state index in [4.69, 9.17) is 10.5 Å². The van der Waals surface area contributed by atoms with Gasteiger partial charge in [-0.2, -0.15) is 0 Å². The molecule has 2 rings (SSSR count). The van der Waals surface area contributed by atoms with Gasteiger partial charge in [-0.15, -0.1) is 5.10 Å². The van der Waals surface area contributed by atoms with Crippen molar-refractivity contribution in [3.05, 3.63) is 34.0 Å². The number of anilines is 1. The molecule has 8 nitrogen and oxygen atoms in total. The standard InChI is InChI=1S/C12H15N5O3/c1-3-4-9-12(13)14-15-16(9)8-5-6-11(20-2)10(7-8)17(18)19/h5-7H,3-4,13H2,1-2H3. The van der Waals surface area contributed by atoms with E-state index in [1.807, 2.05) is 6.92 Å². The number of hydrogen-bond donors (Lipinski definition) is 1. The lowest BCUT2D eigenvalue weighted by Gasteiger charge is -2.07. The van der Waals surface area contributed by atoms with Crippen LogP contribution in [-0.2, 0) is 6.42 Å². The van der Waals surface area contributed by atoms with Gasteiger partial charge in [0.2, 0.25) is 0 Å². The van der Waals surface area contributed by atoms with Gasteiger partial charge in [-0.3, -0.25) is 10.1 Å². The van der Waals surface area contributed by atoms with Gasteiger partial charge in [-0.1, -0.05) is 18.6 Å².